The zero-order valence-corrected chi connectivity index (χ0v) is 20.9. The maximum atomic E-state index is 13.4. The summed E-state index contributed by atoms with van der Waals surface area (Å²) in [6, 6.07) is 30.0. The van der Waals surface area contributed by atoms with Crippen molar-refractivity contribution in [3.05, 3.63) is 108 Å². The fraction of sp³-hybridized carbons (Fsp3) is 0.355. The van der Waals surface area contributed by atoms with Crippen LogP contribution in [0.25, 0.3) is 0 Å². The molecule has 188 valence electrons. The zero-order chi connectivity index (χ0) is 25.4. The van der Waals surface area contributed by atoms with Gasteiger partial charge in [0.05, 0.1) is 0 Å². The monoisotopic (exact) mass is 485 g/mol. The van der Waals surface area contributed by atoms with Gasteiger partial charge in [-0.3, -0.25) is 4.79 Å². The molecule has 0 saturated heterocycles. The van der Waals surface area contributed by atoms with Crippen LogP contribution in [0.15, 0.2) is 91.0 Å². The fourth-order valence-corrected chi connectivity index (χ4v) is 5.65. The third kappa shape index (κ3) is 6.14. The van der Waals surface area contributed by atoms with Gasteiger partial charge in [-0.15, -0.1) is 0 Å². The molecule has 1 fully saturated rings. The Labute approximate surface area is 213 Å². The van der Waals surface area contributed by atoms with Crippen LogP contribution in [0.5, 0.6) is 0 Å². The SMILES string of the molecule is CC(CC(=O)O)C1(c2ccccc2)CCC(N(Cc2ccccc2)C(=O)OCc2ccccc2)CC1. The second-order valence-electron chi connectivity index (χ2n) is 9.91. The van der Waals surface area contributed by atoms with Gasteiger partial charge in [0, 0.05) is 19.0 Å². The number of carboxylic acid groups (broad SMARTS) is 1. The minimum Gasteiger partial charge on any atom is -0.481 e. The van der Waals surface area contributed by atoms with Crippen LogP contribution in [0.4, 0.5) is 4.79 Å². The molecular weight excluding hydrogens is 450 g/mol. The molecule has 36 heavy (non-hydrogen) atoms. The third-order valence-corrected chi connectivity index (χ3v) is 7.70. The highest BCUT2D eigenvalue weighted by Gasteiger charge is 2.43. The maximum Gasteiger partial charge on any atom is 0.410 e. The molecule has 3 aromatic rings. The molecule has 0 heterocycles. The number of carboxylic acids is 1. The summed E-state index contributed by atoms with van der Waals surface area (Å²) in [5.41, 5.74) is 2.99. The summed E-state index contributed by atoms with van der Waals surface area (Å²) < 4.78 is 5.76. The first kappa shape index (κ1) is 25.5. The van der Waals surface area contributed by atoms with Gasteiger partial charge >= 0.3 is 12.1 Å². The summed E-state index contributed by atoms with van der Waals surface area (Å²) in [6.07, 6.45) is 3.07. The molecule has 0 bridgehead atoms. The maximum absolute atomic E-state index is 13.4. The van der Waals surface area contributed by atoms with Crippen molar-refractivity contribution in [1.82, 2.24) is 4.90 Å². The predicted molar refractivity (Wildman–Crippen MR) is 140 cm³/mol. The summed E-state index contributed by atoms with van der Waals surface area (Å²) in [6.45, 7) is 2.78. The van der Waals surface area contributed by atoms with Crippen molar-refractivity contribution in [3.63, 3.8) is 0 Å². The average Bonchev–Trinajstić information content (AvgIpc) is 2.92. The number of aliphatic carboxylic acids is 1. The van der Waals surface area contributed by atoms with E-state index >= 15 is 0 Å². The largest absolute Gasteiger partial charge is 0.481 e. The fourth-order valence-electron chi connectivity index (χ4n) is 5.65. The van der Waals surface area contributed by atoms with Crippen LogP contribution in [0.3, 0.4) is 0 Å². The third-order valence-electron chi connectivity index (χ3n) is 7.70. The van der Waals surface area contributed by atoms with E-state index in [0.717, 1.165) is 36.8 Å². The molecule has 1 N–H and O–H groups in total. The van der Waals surface area contributed by atoms with Crippen molar-refractivity contribution >= 4 is 12.1 Å². The van der Waals surface area contributed by atoms with Gasteiger partial charge < -0.3 is 14.7 Å². The lowest BCUT2D eigenvalue weighted by Gasteiger charge is -2.47. The molecule has 0 aliphatic heterocycles. The normalized spacial score (nSPS) is 20.3. The van der Waals surface area contributed by atoms with E-state index < -0.39 is 5.97 Å². The average molecular weight is 486 g/mol. The molecule has 1 amide bonds. The molecule has 1 saturated carbocycles. The highest BCUT2D eigenvalue weighted by molar-refractivity contribution is 5.68. The van der Waals surface area contributed by atoms with Gasteiger partial charge in [-0.2, -0.15) is 0 Å². The molecule has 1 unspecified atom stereocenters. The second-order valence-corrected chi connectivity index (χ2v) is 9.91. The van der Waals surface area contributed by atoms with Crippen LogP contribution < -0.4 is 0 Å². The Morgan fingerprint density at radius 3 is 1.97 bits per heavy atom. The molecular formula is C31H35NO4. The van der Waals surface area contributed by atoms with Gasteiger partial charge in [0.15, 0.2) is 0 Å². The zero-order valence-electron chi connectivity index (χ0n) is 20.9. The molecule has 5 nitrogen and oxygen atoms in total. The van der Waals surface area contributed by atoms with Crippen LogP contribution >= 0.6 is 0 Å². The van der Waals surface area contributed by atoms with Gasteiger partial charge in [0.1, 0.15) is 6.61 Å². The molecule has 0 aromatic heterocycles. The first-order chi connectivity index (χ1) is 17.5. The number of rotatable bonds is 9. The molecule has 1 aliphatic rings. The van der Waals surface area contributed by atoms with Crippen molar-refractivity contribution < 1.29 is 19.4 Å². The van der Waals surface area contributed by atoms with Crippen molar-refractivity contribution in [3.8, 4) is 0 Å². The molecule has 0 radical (unpaired) electrons. The molecule has 3 aromatic carbocycles. The number of carbonyl (C=O) groups excluding carboxylic acids is 1. The van der Waals surface area contributed by atoms with Crippen LogP contribution in [0.1, 0.15) is 55.7 Å². The first-order valence-electron chi connectivity index (χ1n) is 12.8. The van der Waals surface area contributed by atoms with Crippen molar-refractivity contribution in [2.75, 3.05) is 0 Å². The Morgan fingerprint density at radius 1 is 0.889 bits per heavy atom. The first-order valence-corrected chi connectivity index (χ1v) is 12.8. The van der Waals surface area contributed by atoms with Crippen LogP contribution in [-0.2, 0) is 28.1 Å². The Hall–Kier alpha value is -3.60. The Kier molecular flexibility index (Phi) is 8.42. The van der Waals surface area contributed by atoms with Crippen molar-refractivity contribution in [2.45, 2.75) is 63.6 Å². The number of hydrogen-bond donors (Lipinski definition) is 1. The summed E-state index contributed by atoms with van der Waals surface area (Å²) in [4.78, 5) is 26.8. The lowest BCUT2D eigenvalue weighted by molar-refractivity contribution is -0.138. The summed E-state index contributed by atoms with van der Waals surface area (Å²) in [5.74, 6) is -0.777. The smallest absolute Gasteiger partial charge is 0.410 e. The number of benzene rings is 3. The summed E-state index contributed by atoms with van der Waals surface area (Å²) in [5, 5.41) is 9.54. The van der Waals surface area contributed by atoms with Crippen molar-refractivity contribution in [2.24, 2.45) is 5.92 Å². The topological polar surface area (TPSA) is 66.8 Å². The molecule has 5 heteroatoms. The number of ether oxygens (including phenoxy) is 1. The number of carbonyl (C=O) groups is 2. The van der Waals surface area contributed by atoms with E-state index in [1.54, 1.807) is 0 Å². The minimum absolute atomic E-state index is 0.00837. The van der Waals surface area contributed by atoms with Crippen LogP contribution in [0.2, 0.25) is 0 Å². The van der Waals surface area contributed by atoms with E-state index in [0.29, 0.717) is 6.54 Å². The predicted octanol–water partition coefficient (Wildman–Crippen LogP) is 6.82. The summed E-state index contributed by atoms with van der Waals surface area (Å²) in [7, 11) is 0. The number of amides is 1. The van der Waals surface area contributed by atoms with E-state index in [-0.39, 0.29) is 36.5 Å². The molecule has 1 atom stereocenters. The van der Waals surface area contributed by atoms with E-state index in [1.165, 1.54) is 5.56 Å². The van der Waals surface area contributed by atoms with Gasteiger partial charge in [-0.1, -0.05) is 97.9 Å². The van der Waals surface area contributed by atoms with E-state index in [2.05, 4.69) is 19.1 Å². The van der Waals surface area contributed by atoms with Crippen LogP contribution in [-0.4, -0.2) is 28.1 Å². The highest BCUT2D eigenvalue weighted by Crippen LogP contribution is 2.47. The second kappa shape index (κ2) is 11.9. The Balaban J connectivity index is 1.53. The molecule has 4 rings (SSSR count). The van der Waals surface area contributed by atoms with Crippen LogP contribution in [0, 0.1) is 5.92 Å². The van der Waals surface area contributed by atoms with Gasteiger partial charge in [-0.05, 0) is 53.7 Å². The number of nitrogens with zero attached hydrogens (tertiary/aromatic N) is 1. The highest BCUT2D eigenvalue weighted by atomic mass is 16.6. The summed E-state index contributed by atoms with van der Waals surface area (Å²) >= 11 is 0. The standard InChI is InChI=1S/C31H35NO4/c1-24(21-29(33)34)31(27-15-9-4-10-16-27)19-17-28(18-20-31)32(22-25-11-5-2-6-12-25)30(35)36-23-26-13-7-3-8-14-26/h2-16,24,28H,17-23H2,1H3,(H,33,34). The molecule has 1 aliphatic carbocycles. The lowest BCUT2D eigenvalue weighted by Crippen LogP contribution is -2.47. The quantitative estimate of drug-likeness (QED) is 0.361. The lowest BCUT2D eigenvalue weighted by atomic mass is 9.61. The van der Waals surface area contributed by atoms with E-state index in [9.17, 15) is 14.7 Å². The van der Waals surface area contributed by atoms with Gasteiger partial charge in [0.25, 0.3) is 0 Å². The van der Waals surface area contributed by atoms with Crippen molar-refractivity contribution in [1.29, 1.82) is 0 Å². The Morgan fingerprint density at radius 2 is 1.42 bits per heavy atom. The van der Waals surface area contributed by atoms with Gasteiger partial charge in [0.2, 0.25) is 0 Å². The minimum atomic E-state index is -0.768. The van der Waals surface area contributed by atoms with E-state index in [1.807, 2.05) is 83.8 Å². The number of hydrogen-bond acceptors (Lipinski definition) is 3. The van der Waals surface area contributed by atoms with Gasteiger partial charge in [-0.25, -0.2) is 4.79 Å². The Bertz CT molecular complexity index is 1110. The van der Waals surface area contributed by atoms with E-state index in [4.69, 9.17) is 4.74 Å². The molecule has 0 spiro atoms.